The maximum absolute atomic E-state index is 12.8. The summed E-state index contributed by atoms with van der Waals surface area (Å²) in [6.07, 6.45) is -63.7. The van der Waals surface area contributed by atoms with Crippen LogP contribution in [0.5, 0.6) is 0 Å². The molecule has 0 spiro atoms. The van der Waals surface area contributed by atoms with E-state index in [1.807, 2.05) is 0 Å². The van der Waals surface area contributed by atoms with Crippen molar-refractivity contribution >= 4 is 17.7 Å². The number of hydrogen-bond acceptors (Lipinski definition) is 36. The normalized spacial score (nSPS) is 48.9. The Bertz CT molecular complexity index is 2190. The average molecular weight is 1280 g/mol. The molecule has 7 heterocycles. The van der Waals surface area contributed by atoms with Gasteiger partial charge in [-0.1, -0.05) is 0 Å². The van der Waals surface area contributed by atoms with Crippen LogP contribution in [0.15, 0.2) is 0 Å². The molecule has 1 unspecified atom stereocenters. The van der Waals surface area contributed by atoms with E-state index < -0.39 is 279 Å². The fourth-order valence-corrected chi connectivity index (χ4v) is 11.1. The van der Waals surface area contributed by atoms with Gasteiger partial charge in [-0.25, -0.2) is 0 Å². The summed E-state index contributed by atoms with van der Waals surface area (Å²) in [6, 6.07) is -5.13. The standard InChI is InChI=1S/C48H81N3O36/c1-11(58)49-21-30(67)37(18(8-56)76-42(21)74)83-44-23(51-13(3)60)31(68)38(19(9-57)81-44)84-47-36(73)40(86-48-41(33(70)26(63)16(6-54)80-48)87-43-22(50-12(2)59)29(66)24(61)14(4-52)77-43)28(65)20(82-47)10-75-45-35(72)39(27(64)17(7-55)78-45)85-46-34(71)32(69)25(62)15(5-53)79-46/h14-48,52-57,61-74H,4-10H2,1-3H3,(H,49,58)(H,50,59)(H,51,60)/t14-,15-,16-,17-,18-,19-,20-,21-,22-,23-,24-,25-,26-,27-,28-,29-,30-,31-,32+,33+,34+,35+,36+,37-,38-,39+,40+,41+,42?,43+,44+,45+,46-,47+,48-/m1/s1. The lowest BCUT2D eigenvalue weighted by Crippen LogP contribution is -2.70. The molecular weight excluding hydrogens is 1190 g/mol. The monoisotopic (exact) mass is 1280 g/mol. The molecule has 3 amide bonds. The second-order valence-corrected chi connectivity index (χ2v) is 21.8. The fraction of sp³-hybridized carbons (Fsp3) is 0.938. The molecule has 35 atom stereocenters. The molecule has 7 aliphatic rings. The van der Waals surface area contributed by atoms with Gasteiger partial charge in [-0.2, -0.15) is 0 Å². The van der Waals surface area contributed by atoms with E-state index in [0.717, 1.165) is 20.8 Å². The Balaban J connectivity index is 1.21. The van der Waals surface area contributed by atoms with Crippen molar-refractivity contribution in [2.24, 2.45) is 0 Å². The van der Waals surface area contributed by atoms with Gasteiger partial charge in [-0.05, 0) is 0 Å². The van der Waals surface area contributed by atoms with E-state index in [1.165, 1.54) is 0 Å². The summed E-state index contributed by atoms with van der Waals surface area (Å²) in [6.45, 7) is -4.07. The predicted molar refractivity (Wildman–Crippen MR) is 267 cm³/mol. The number of carbonyl (C=O) groups is 3. The Hall–Kier alpha value is -2.91. The number of aliphatic hydroxyl groups is 20. The third-order valence-corrected chi connectivity index (χ3v) is 15.7. The zero-order valence-corrected chi connectivity index (χ0v) is 46.6. The van der Waals surface area contributed by atoms with Crippen LogP contribution in [0.1, 0.15) is 20.8 Å². The van der Waals surface area contributed by atoms with E-state index >= 15 is 0 Å². The summed E-state index contributed by atoms with van der Waals surface area (Å²) in [7, 11) is 0. The quantitative estimate of drug-likeness (QED) is 0.0479. The number of rotatable bonds is 22. The number of aliphatic hydroxyl groups excluding tert-OH is 20. The van der Waals surface area contributed by atoms with Gasteiger partial charge in [0.2, 0.25) is 17.7 Å². The van der Waals surface area contributed by atoms with E-state index in [-0.39, 0.29) is 0 Å². The zero-order chi connectivity index (χ0) is 64.2. The van der Waals surface area contributed by atoms with Crippen LogP contribution in [0.25, 0.3) is 0 Å². The minimum absolute atomic E-state index is 0.747. The molecule has 0 saturated carbocycles. The Labute approximate surface area is 492 Å². The number of ether oxygens (including phenoxy) is 13. The molecule has 7 aliphatic heterocycles. The zero-order valence-electron chi connectivity index (χ0n) is 46.6. The van der Waals surface area contributed by atoms with Crippen molar-refractivity contribution in [3.63, 3.8) is 0 Å². The second kappa shape index (κ2) is 31.1. The molecule has 7 fully saturated rings. The van der Waals surface area contributed by atoms with Crippen LogP contribution in [0.3, 0.4) is 0 Å². The number of amides is 3. The topological polar surface area (TPSA) is 612 Å². The first-order valence-corrected chi connectivity index (χ1v) is 27.6. The lowest BCUT2D eigenvalue weighted by Gasteiger charge is -2.51. The summed E-state index contributed by atoms with van der Waals surface area (Å²) in [5, 5.41) is 225. The molecule has 7 rings (SSSR count). The van der Waals surface area contributed by atoms with Crippen LogP contribution in [-0.2, 0) is 76.0 Å². The fourth-order valence-electron chi connectivity index (χ4n) is 11.1. The Kier molecular flexibility index (Phi) is 25.6. The molecule has 87 heavy (non-hydrogen) atoms. The largest absolute Gasteiger partial charge is 0.394 e. The van der Waals surface area contributed by atoms with Gasteiger partial charge in [0.1, 0.15) is 171 Å². The van der Waals surface area contributed by atoms with Crippen molar-refractivity contribution in [1.82, 2.24) is 16.0 Å². The van der Waals surface area contributed by atoms with Gasteiger partial charge in [0.25, 0.3) is 0 Å². The maximum Gasteiger partial charge on any atom is 0.217 e. The van der Waals surface area contributed by atoms with Crippen molar-refractivity contribution in [2.75, 3.05) is 46.2 Å². The van der Waals surface area contributed by atoms with Crippen LogP contribution >= 0.6 is 0 Å². The molecular formula is C48H81N3O36. The van der Waals surface area contributed by atoms with Crippen molar-refractivity contribution < 1.29 is 178 Å². The minimum atomic E-state index is -2.43. The van der Waals surface area contributed by atoms with Crippen LogP contribution in [0, 0.1) is 0 Å². The van der Waals surface area contributed by atoms with Crippen LogP contribution in [-0.4, -0.2) is 381 Å². The van der Waals surface area contributed by atoms with Gasteiger partial charge in [-0.15, -0.1) is 0 Å². The first-order chi connectivity index (χ1) is 41.1. The van der Waals surface area contributed by atoms with E-state index in [1.54, 1.807) is 0 Å². The number of carbonyl (C=O) groups excluding carboxylic acids is 3. The molecule has 504 valence electrons. The minimum Gasteiger partial charge on any atom is -0.394 e. The molecule has 0 aromatic carbocycles. The van der Waals surface area contributed by atoms with Crippen molar-refractivity contribution in [1.29, 1.82) is 0 Å². The van der Waals surface area contributed by atoms with Crippen molar-refractivity contribution in [3.8, 4) is 0 Å². The molecule has 23 N–H and O–H groups in total. The average Bonchev–Trinajstić information content (AvgIpc) is 0.920. The molecule has 39 nitrogen and oxygen atoms in total. The van der Waals surface area contributed by atoms with Gasteiger partial charge in [0.05, 0.1) is 46.2 Å². The van der Waals surface area contributed by atoms with E-state index in [0.29, 0.717) is 0 Å². The Morgan fingerprint density at radius 3 is 1.16 bits per heavy atom. The van der Waals surface area contributed by atoms with Crippen LogP contribution in [0.4, 0.5) is 0 Å². The molecule has 0 bridgehead atoms. The number of nitrogens with one attached hydrogen (secondary N) is 3. The van der Waals surface area contributed by atoms with Crippen LogP contribution < -0.4 is 16.0 Å². The summed E-state index contributed by atoms with van der Waals surface area (Å²) in [5.74, 6) is -2.46. The van der Waals surface area contributed by atoms with Crippen molar-refractivity contribution in [2.45, 2.75) is 236 Å². The van der Waals surface area contributed by atoms with Crippen LogP contribution in [0.2, 0.25) is 0 Å². The third-order valence-electron chi connectivity index (χ3n) is 15.7. The first-order valence-electron chi connectivity index (χ1n) is 27.6. The van der Waals surface area contributed by atoms with Gasteiger partial charge < -0.3 is 180 Å². The van der Waals surface area contributed by atoms with E-state index in [2.05, 4.69) is 16.0 Å². The smallest absolute Gasteiger partial charge is 0.217 e. The molecule has 7 saturated heterocycles. The maximum atomic E-state index is 12.8. The van der Waals surface area contributed by atoms with E-state index in [4.69, 9.17) is 61.6 Å². The van der Waals surface area contributed by atoms with Gasteiger partial charge in [-0.3, -0.25) is 14.4 Å². The lowest BCUT2D eigenvalue weighted by atomic mass is 9.94. The van der Waals surface area contributed by atoms with Crippen molar-refractivity contribution in [3.05, 3.63) is 0 Å². The summed E-state index contributed by atoms with van der Waals surface area (Å²) < 4.78 is 75.4. The summed E-state index contributed by atoms with van der Waals surface area (Å²) in [5.41, 5.74) is 0. The lowest BCUT2D eigenvalue weighted by molar-refractivity contribution is -0.395. The highest BCUT2D eigenvalue weighted by molar-refractivity contribution is 5.74. The molecule has 0 aromatic heterocycles. The SMILES string of the molecule is CC(=O)N[C@H]1[C@H](O[C@H]2[C@H](O)[C@@H](NC(C)=O)C(O)O[C@@H]2CO)O[C@H](CO)[C@@H](O[C@@H]2O[C@H](CO[C@H]3O[C@H](CO)[C@@H](O)[C@H](O[C@H]4O[C@H](CO)[C@@H](O)[C@H](O)[C@@H]4O)[C@@H]3O)[C@@H](O)[C@H](O[C@H]3O[C@H](CO)[C@@H](O)[C@H](O)[C@@H]3O[C@@H]3O[C@H](CO)[C@@H](O)[C@H](O)[C@H]3NC(C)=O)[C@@H]2O)[C@@H]1O. The third kappa shape index (κ3) is 15.8. The highest BCUT2D eigenvalue weighted by atomic mass is 16.8. The number of hydrogen-bond donors (Lipinski definition) is 23. The highest BCUT2D eigenvalue weighted by Gasteiger charge is 2.59. The molecule has 0 aromatic rings. The van der Waals surface area contributed by atoms with Gasteiger partial charge in [0.15, 0.2) is 44.0 Å². The second-order valence-electron chi connectivity index (χ2n) is 21.8. The highest BCUT2D eigenvalue weighted by Crippen LogP contribution is 2.38. The first kappa shape index (κ1) is 71.5. The van der Waals surface area contributed by atoms with Gasteiger partial charge >= 0.3 is 0 Å². The Morgan fingerprint density at radius 1 is 0.299 bits per heavy atom. The summed E-state index contributed by atoms with van der Waals surface area (Å²) in [4.78, 5) is 37.1. The molecule has 0 radical (unpaired) electrons. The molecule has 0 aliphatic carbocycles. The Morgan fingerprint density at radius 2 is 0.632 bits per heavy atom. The van der Waals surface area contributed by atoms with E-state index in [9.17, 15) is 117 Å². The predicted octanol–water partition coefficient (Wildman–Crippen LogP) is -15.8. The van der Waals surface area contributed by atoms with Gasteiger partial charge in [0, 0.05) is 20.8 Å². The summed E-state index contributed by atoms with van der Waals surface area (Å²) >= 11 is 0. The molecule has 39 heteroatoms.